The van der Waals surface area contributed by atoms with E-state index in [1.165, 1.54) is 6.07 Å². The number of quaternary nitrogens is 1. The molecule has 196 valence electrons. The molecule has 0 radical (unpaired) electrons. The van der Waals surface area contributed by atoms with Crippen molar-refractivity contribution in [1.82, 2.24) is 14.9 Å². The number of hydrogen-bond acceptors (Lipinski definition) is 9. The van der Waals surface area contributed by atoms with Gasteiger partial charge in [0.15, 0.2) is 5.82 Å². The molecule has 3 heterocycles. The highest BCUT2D eigenvalue weighted by atomic mass is 35.5. The average Bonchev–Trinajstić information content (AvgIpc) is 2.85. The van der Waals surface area contributed by atoms with Crippen molar-refractivity contribution in [3.05, 3.63) is 57.7 Å². The fourth-order valence-corrected chi connectivity index (χ4v) is 4.50. The zero-order valence-corrected chi connectivity index (χ0v) is 21.8. The summed E-state index contributed by atoms with van der Waals surface area (Å²) in [6.45, 7) is 4.10. The molecule has 0 spiro atoms. The first-order valence-electron chi connectivity index (χ1n) is 11.6. The lowest BCUT2D eigenvalue weighted by molar-refractivity contribution is -0.990. The summed E-state index contributed by atoms with van der Waals surface area (Å²) in [5, 5.41) is 26.3. The average molecular weight is 547 g/mol. The van der Waals surface area contributed by atoms with Gasteiger partial charge in [-0.15, -0.1) is 0 Å². The van der Waals surface area contributed by atoms with Gasteiger partial charge in [-0.1, -0.05) is 23.2 Å². The summed E-state index contributed by atoms with van der Waals surface area (Å²) in [5.74, 6) is 0.992. The molecule has 13 heteroatoms. The Bertz CT molecular complexity index is 1290. The van der Waals surface area contributed by atoms with E-state index >= 15 is 0 Å². The van der Waals surface area contributed by atoms with E-state index in [-0.39, 0.29) is 23.5 Å². The summed E-state index contributed by atoms with van der Waals surface area (Å²) in [6, 6.07) is 11.6. The SMILES string of the molecule is CC1C(=O)N(c2ccc(NCCNc3ccc([NH+]([O-])O)c(N)n3)nc2-c2ccc(Cl)cc2Cl)CCN1C. The minimum Gasteiger partial charge on any atom is -0.595 e. The standard InChI is InChI=1S/C24H28Cl2N8O3/c1-14-24(35)33(12-11-32(14)2)18-5-7-20(30-22(18)16-4-3-15(25)13-17(16)26)28-9-10-29-21-8-6-19(34(36)37)23(27)31-21/h3-8,13-14,34,36H,9-12H2,1-2H3,(H,28,30)(H3,27,29,31). The second-order valence-corrected chi connectivity index (χ2v) is 9.47. The van der Waals surface area contributed by atoms with Crippen LogP contribution in [0.25, 0.3) is 11.3 Å². The normalized spacial score (nSPS) is 17.1. The molecule has 1 aliphatic rings. The first-order chi connectivity index (χ1) is 17.7. The van der Waals surface area contributed by atoms with Crippen molar-refractivity contribution >= 4 is 57.9 Å². The van der Waals surface area contributed by atoms with Gasteiger partial charge in [-0.3, -0.25) is 9.69 Å². The van der Waals surface area contributed by atoms with E-state index in [1.54, 1.807) is 29.2 Å². The second kappa shape index (κ2) is 11.5. The number of benzene rings is 1. The molecule has 1 amide bonds. The summed E-state index contributed by atoms with van der Waals surface area (Å²) in [7, 11) is 1.93. The number of piperazine rings is 1. The van der Waals surface area contributed by atoms with Crippen LogP contribution in [0.1, 0.15) is 6.92 Å². The molecule has 0 bridgehead atoms. The number of anilines is 4. The van der Waals surface area contributed by atoms with E-state index < -0.39 is 5.23 Å². The third kappa shape index (κ3) is 6.04. The van der Waals surface area contributed by atoms with Crippen LogP contribution in [-0.2, 0) is 4.79 Å². The summed E-state index contributed by atoms with van der Waals surface area (Å²) < 4.78 is 0. The van der Waals surface area contributed by atoms with Gasteiger partial charge in [0, 0.05) is 42.8 Å². The third-order valence-corrected chi connectivity index (χ3v) is 6.75. The number of carbonyl (C=O) groups is 1. The molecular weight excluding hydrogens is 519 g/mol. The predicted molar refractivity (Wildman–Crippen MR) is 146 cm³/mol. The Morgan fingerprint density at radius 1 is 1.11 bits per heavy atom. The van der Waals surface area contributed by atoms with E-state index in [0.29, 0.717) is 58.3 Å². The molecule has 3 aromatic rings. The molecule has 2 aromatic heterocycles. The minimum absolute atomic E-state index is 0.00696. The Kier molecular flexibility index (Phi) is 8.32. The maximum atomic E-state index is 13.1. The molecule has 1 saturated heterocycles. The highest BCUT2D eigenvalue weighted by molar-refractivity contribution is 6.36. The third-order valence-electron chi connectivity index (χ3n) is 6.20. The highest BCUT2D eigenvalue weighted by Gasteiger charge is 2.32. The largest absolute Gasteiger partial charge is 0.595 e. The van der Waals surface area contributed by atoms with E-state index in [9.17, 15) is 10.0 Å². The maximum Gasteiger partial charge on any atom is 0.244 e. The molecule has 1 fully saturated rings. The van der Waals surface area contributed by atoms with Crippen molar-refractivity contribution in [2.24, 2.45) is 0 Å². The Hall–Kier alpha value is -3.19. The van der Waals surface area contributed by atoms with E-state index in [1.807, 2.05) is 31.0 Å². The molecule has 6 N–H and O–H groups in total. The summed E-state index contributed by atoms with van der Waals surface area (Å²) >= 11 is 12.6. The molecular formula is C24H28Cl2N8O3. The van der Waals surface area contributed by atoms with Gasteiger partial charge in [-0.25, -0.2) is 15.2 Å². The first kappa shape index (κ1) is 26.9. The van der Waals surface area contributed by atoms with Crippen molar-refractivity contribution in [1.29, 1.82) is 0 Å². The van der Waals surface area contributed by atoms with Crippen molar-refractivity contribution in [2.45, 2.75) is 13.0 Å². The Labute approximate surface area is 224 Å². The topological polar surface area (TPSA) is 147 Å². The number of carbonyl (C=O) groups excluding carboxylic acids is 1. The minimum atomic E-state index is -1.13. The molecule has 11 nitrogen and oxygen atoms in total. The number of nitrogens with zero attached hydrogens (tertiary/aromatic N) is 4. The fraction of sp³-hybridized carbons (Fsp3) is 0.292. The van der Waals surface area contributed by atoms with Crippen LogP contribution in [0.3, 0.4) is 0 Å². The van der Waals surface area contributed by atoms with Crippen molar-refractivity contribution < 1.29 is 15.2 Å². The number of nitrogens with two attached hydrogens (primary N) is 1. The quantitative estimate of drug-likeness (QED) is 0.212. The molecule has 2 unspecified atom stereocenters. The molecule has 0 saturated carbocycles. The number of aromatic nitrogens is 2. The van der Waals surface area contributed by atoms with Crippen molar-refractivity contribution in [3.8, 4) is 11.3 Å². The van der Waals surface area contributed by atoms with Crippen molar-refractivity contribution in [3.63, 3.8) is 0 Å². The van der Waals surface area contributed by atoms with Gasteiger partial charge >= 0.3 is 0 Å². The molecule has 1 aliphatic heterocycles. The second-order valence-electron chi connectivity index (χ2n) is 8.62. The molecule has 1 aromatic carbocycles. The predicted octanol–water partition coefficient (Wildman–Crippen LogP) is 2.63. The zero-order valence-electron chi connectivity index (χ0n) is 20.3. The summed E-state index contributed by atoms with van der Waals surface area (Å²) in [5.41, 5.74) is 7.58. The number of amides is 1. The molecule has 37 heavy (non-hydrogen) atoms. The lowest BCUT2D eigenvalue weighted by Gasteiger charge is -2.37. The van der Waals surface area contributed by atoms with E-state index in [0.717, 1.165) is 6.54 Å². The monoisotopic (exact) mass is 546 g/mol. The lowest BCUT2D eigenvalue weighted by atomic mass is 10.1. The van der Waals surface area contributed by atoms with Crippen molar-refractivity contribution in [2.75, 3.05) is 54.5 Å². The molecule has 2 atom stereocenters. The molecule has 0 aliphatic carbocycles. The van der Waals surface area contributed by atoms with Gasteiger partial charge in [0.2, 0.25) is 11.6 Å². The maximum absolute atomic E-state index is 13.1. The van der Waals surface area contributed by atoms with E-state index in [2.05, 4.69) is 15.6 Å². The number of rotatable bonds is 8. The Morgan fingerprint density at radius 2 is 1.78 bits per heavy atom. The number of halogens is 2. The van der Waals surface area contributed by atoms with Gasteiger partial charge in [0.1, 0.15) is 11.6 Å². The number of likely N-dealkylation sites (N-methyl/N-ethyl adjacent to an activating group) is 1. The van der Waals surface area contributed by atoms with Crippen LogP contribution in [-0.4, -0.2) is 65.3 Å². The van der Waals surface area contributed by atoms with Crippen LogP contribution >= 0.6 is 23.2 Å². The van der Waals surface area contributed by atoms with Crippen LogP contribution in [0.15, 0.2) is 42.5 Å². The number of pyridine rings is 2. The van der Waals surface area contributed by atoms with E-state index in [4.69, 9.17) is 39.1 Å². The van der Waals surface area contributed by atoms with Crippen LogP contribution in [0, 0.1) is 5.21 Å². The Morgan fingerprint density at radius 3 is 2.43 bits per heavy atom. The highest BCUT2D eigenvalue weighted by Crippen LogP contribution is 2.37. The van der Waals surface area contributed by atoms with Gasteiger partial charge < -0.3 is 26.5 Å². The van der Waals surface area contributed by atoms with Gasteiger partial charge in [-0.05, 0) is 50.4 Å². The number of hydrogen-bond donors (Lipinski definition) is 5. The van der Waals surface area contributed by atoms with Crippen LogP contribution in [0.2, 0.25) is 10.0 Å². The summed E-state index contributed by atoms with van der Waals surface area (Å²) in [4.78, 5) is 25.7. The van der Waals surface area contributed by atoms with Gasteiger partial charge in [0.25, 0.3) is 0 Å². The van der Waals surface area contributed by atoms with Crippen LogP contribution in [0.4, 0.5) is 28.8 Å². The van der Waals surface area contributed by atoms with Gasteiger partial charge in [-0.2, -0.15) is 5.23 Å². The zero-order chi connectivity index (χ0) is 26.7. The smallest absolute Gasteiger partial charge is 0.244 e. The number of nitrogen functional groups attached to an aromatic ring is 1. The Balaban J connectivity index is 1.53. The first-order valence-corrected chi connectivity index (χ1v) is 12.4. The molecule has 4 rings (SSSR count). The van der Waals surface area contributed by atoms with Crippen LogP contribution in [0.5, 0.6) is 0 Å². The fourth-order valence-electron chi connectivity index (χ4n) is 4.00. The van der Waals surface area contributed by atoms with Crippen LogP contribution < -0.4 is 26.5 Å². The summed E-state index contributed by atoms with van der Waals surface area (Å²) in [6.07, 6.45) is 0. The lowest BCUT2D eigenvalue weighted by Crippen LogP contribution is -2.99. The number of nitrogens with one attached hydrogen (secondary N) is 3. The van der Waals surface area contributed by atoms with Gasteiger partial charge in [0.05, 0.1) is 22.4 Å².